The third-order valence-electron chi connectivity index (χ3n) is 7.73. The molecule has 0 unspecified atom stereocenters. The second-order valence-electron chi connectivity index (χ2n) is 11.3. The Labute approximate surface area is 239 Å². The van der Waals surface area contributed by atoms with Crippen LogP contribution in [0.4, 0.5) is 0 Å². The van der Waals surface area contributed by atoms with E-state index in [4.69, 9.17) is 4.84 Å². The number of aliphatic carboxylic acids is 1. The molecule has 2 aromatic rings. The van der Waals surface area contributed by atoms with E-state index in [9.17, 15) is 9.90 Å². The number of carboxylic acids is 1. The summed E-state index contributed by atoms with van der Waals surface area (Å²) in [7, 11) is 0. The maximum Gasteiger partial charge on any atom is 0.305 e. The van der Waals surface area contributed by atoms with Crippen LogP contribution < -0.4 is 0 Å². The number of carbonyl (C=O) groups is 1. The number of benzene rings is 2. The predicted octanol–water partition coefficient (Wildman–Crippen LogP) is 9.87. The van der Waals surface area contributed by atoms with Crippen LogP contribution in [0.15, 0.2) is 60.7 Å². The number of nitrogens with zero attached hydrogens (tertiary/aromatic N) is 1. The highest BCUT2D eigenvalue weighted by atomic mass is 16.7. The molecule has 0 aromatic heterocycles. The lowest BCUT2D eigenvalue weighted by atomic mass is 10.0. The van der Waals surface area contributed by atoms with E-state index in [-0.39, 0.29) is 13.0 Å². The van der Waals surface area contributed by atoms with E-state index >= 15 is 0 Å². The van der Waals surface area contributed by atoms with Crippen molar-refractivity contribution in [2.45, 2.75) is 129 Å². The molecule has 1 N–H and O–H groups in total. The molecular formula is C35H56NO3+. The molecule has 0 aliphatic carbocycles. The summed E-state index contributed by atoms with van der Waals surface area (Å²) < 4.78 is 0.444. The summed E-state index contributed by atoms with van der Waals surface area (Å²) in [6, 6.07) is 20.9. The van der Waals surface area contributed by atoms with Crippen molar-refractivity contribution in [3.05, 3.63) is 71.8 Å². The first-order chi connectivity index (χ1) is 19.1. The normalized spacial score (nSPS) is 11.6. The fourth-order valence-corrected chi connectivity index (χ4v) is 5.48. The van der Waals surface area contributed by atoms with Gasteiger partial charge in [0.25, 0.3) is 0 Å². The minimum Gasteiger partial charge on any atom is -0.481 e. The zero-order chi connectivity index (χ0) is 27.9. The highest BCUT2D eigenvalue weighted by Gasteiger charge is 2.31. The Kier molecular flexibility index (Phi) is 18.3. The van der Waals surface area contributed by atoms with Crippen LogP contribution >= 0.6 is 0 Å². The molecule has 0 radical (unpaired) electrons. The molecule has 4 heteroatoms. The minimum absolute atomic E-state index is 0.0303. The average molecular weight is 539 g/mol. The van der Waals surface area contributed by atoms with E-state index in [0.29, 0.717) is 4.65 Å². The van der Waals surface area contributed by atoms with Gasteiger partial charge in [-0.25, -0.2) is 4.84 Å². The van der Waals surface area contributed by atoms with Crippen LogP contribution in [0, 0.1) is 0 Å². The van der Waals surface area contributed by atoms with Gasteiger partial charge in [0.1, 0.15) is 26.2 Å². The van der Waals surface area contributed by atoms with E-state index in [1.54, 1.807) is 0 Å². The van der Waals surface area contributed by atoms with Crippen molar-refractivity contribution >= 4 is 5.97 Å². The highest BCUT2D eigenvalue weighted by Crippen LogP contribution is 2.23. The van der Waals surface area contributed by atoms with Crippen molar-refractivity contribution in [1.82, 2.24) is 0 Å². The second-order valence-corrected chi connectivity index (χ2v) is 11.3. The molecule has 0 fully saturated rings. The van der Waals surface area contributed by atoms with E-state index in [1.807, 2.05) is 12.1 Å². The first-order valence-electron chi connectivity index (χ1n) is 15.9. The average Bonchev–Trinajstić information content (AvgIpc) is 2.94. The summed E-state index contributed by atoms with van der Waals surface area (Å²) in [5.74, 6) is -0.810. The summed E-state index contributed by atoms with van der Waals surface area (Å²) in [6.45, 7) is 4.89. The van der Waals surface area contributed by atoms with Gasteiger partial charge in [-0.3, -0.25) is 4.79 Å². The molecule has 0 spiro atoms. The summed E-state index contributed by atoms with van der Waals surface area (Å²) >= 11 is 0. The Morgan fingerprint density at radius 1 is 0.615 bits per heavy atom. The third kappa shape index (κ3) is 16.5. The van der Waals surface area contributed by atoms with Gasteiger partial charge in [-0.1, -0.05) is 157 Å². The molecule has 0 amide bonds. The molecular weight excluding hydrogens is 482 g/mol. The van der Waals surface area contributed by atoms with Crippen LogP contribution in [0.5, 0.6) is 0 Å². The molecule has 0 aliphatic heterocycles. The Morgan fingerprint density at radius 2 is 1.00 bits per heavy atom. The number of hydrogen-bond donors (Lipinski definition) is 1. The van der Waals surface area contributed by atoms with Gasteiger partial charge in [0.05, 0.1) is 6.42 Å². The number of carboxylic acid groups (broad SMARTS) is 1. The zero-order valence-corrected chi connectivity index (χ0v) is 24.8. The molecule has 2 aromatic carbocycles. The van der Waals surface area contributed by atoms with Crippen molar-refractivity contribution in [3.8, 4) is 0 Å². The van der Waals surface area contributed by atoms with E-state index < -0.39 is 5.97 Å². The molecule has 0 saturated heterocycles. The van der Waals surface area contributed by atoms with Gasteiger partial charge in [-0.15, -0.1) is 0 Å². The summed E-state index contributed by atoms with van der Waals surface area (Å²) in [5.41, 5.74) is 2.44. The van der Waals surface area contributed by atoms with Crippen LogP contribution in [0.25, 0.3) is 0 Å². The van der Waals surface area contributed by atoms with E-state index in [2.05, 4.69) is 55.5 Å². The Bertz CT molecular complexity index is 798. The standard InChI is InChI=1S/C35H55NO3/c1-2-3-4-5-6-7-8-9-10-11-12-13-14-15-16-23-29-36(39-30-28-35(37)38,31-33-24-19-17-20-25-33)32-34-26-21-18-22-27-34/h17-22,24-27H,2-16,23,28-32H2,1H3/p+1. The largest absolute Gasteiger partial charge is 0.481 e. The summed E-state index contributed by atoms with van der Waals surface area (Å²) in [4.78, 5) is 17.7. The topological polar surface area (TPSA) is 46.5 Å². The van der Waals surface area contributed by atoms with E-state index in [0.717, 1.165) is 26.1 Å². The van der Waals surface area contributed by atoms with Crippen LogP contribution in [-0.2, 0) is 22.7 Å². The number of quaternary nitrogens is 1. The fraction of sp³-hybridized carbons (Fsp3) is 0.629. The van der Waals surface area contributed by atoms with Gasteiger partial charge in [-0.05, 0) is 12.8 Å². The minimum atomic E-state index is -0.810. The summed E-state index contributed by atoms with van der Waals surface area (Å²) in [6.07, 6.45) is 21.7. The maximum absolute atomic E-state index is 11.2. The van der Waals surface area contributed by atoms with Crippen molar-refractivity contribution in [1.29, 1.82) is 0 Å². The smallest absolute Gasteiger partial charge is 0.305 e. The number of hydrogen-bond acceptors (Lipinski definition) is 2. The Hall–Kier alpha value is -2.17. The monoisotopic (exact) mass is 538 g/mol. The molecule has 0 atom stereocenters. The molecule has 0 saturated carbocycles. The highest BCUT2D eigenvalue weighted by molar-refractivity contribution is 5.66. The SMILES string of the molecule is CCCCCCCCCCCCCCCCCC[N+](Cc1ccccc1)(Cc1ccccc1)OCCC(=O)O. The third-order valence-corrected chi connectivity index (χ3v) is 7.73. The molecule has 0 bridgehead atoms. The van der Waals surface area contributed by atoms with Gasteiger partial charge in [0, 0.05) is 11.1 Å². The molecule has 0 aliphatic rings. The number of rotatable bonds is 25. The van der Waals surface area contributed by atoms with Gasteiger partial charge < -0.3 is 5.11 Å². The van der Waals surface area contributed by atoms with Crippen molar-refractivity contribution in [3.63, 3.8) is 0 Å². The Balaban J connectivity index is 1.72. The maximum atomic E-state index is 11.2. The van der Waals surface area contributed by atoms with Gasteiger partial charge >= 0.3 is 5.97 Å². The first kappa shape index (κ1) is 33.0. The van der Waals surface area contributed by atoms with Crippen LogP contribution in [0.2, 0.25) is 0 Å². The first-order valence-corrected chi connectivity index (χ1v) is 15.9. The lowest BCUT2D eigenvalue weighted by Gasteiger charge is -2.36. The van der Waals surface area contributed by atoms with Gasteiger partial charge in [0.2, 0.25) is 0 Å². The van der Waals surface area contributed by atoms with Crippen molar-refractivity contribution in [2.75, 3.05) is 13.2 Å². The van der Waals surface area contributed by atoms with Gasteiger partial charge in [-0.2, -0.15) is 4.65 Å². The molecule has 0 heterocycles. The van der Waals surface area contributed by atoms with Crippen molar-refractivity contribution in [2.24, 2.45) is 0 Å². The van der Waals surface area contributed by atoms with Gasteiger partial charge in [0.15, 0.2) is 0 Å². The molecule has 4 nitrogen and oxygen atoms in total. The molecule has 2 rings (SSSR count). The van der Waals surface area contributed by atoms with Crippen LogP contribution in [0.1, 0.15) is 127 Å². The zero-order valence-electron chi connectivity index (χ0n) is 24.8. The van der Waals surface area contributed by atoms with Crippen LogP contribution in [0.3, 0.4) is 0 Å². The molecule has 218 valence electrons. The van der Waals surface area contributed by atoms with Crippen molar-refractivity contribution < 1.29 is 19.4 Å². The predicted molar refractivity (Wildman–Crippen MR) is 163 cm³/mol. The fourth-order valence-electron chi connectivity index (χ4n) is 5.48. The lowest BCUT2D eigenvalue weighted by molar-refractivity contribution is -1.13. The van der Waals surface area contributed by atoms with E-state index in [1.165, 1.54) is 107 Å². The van der Waals surface area contributed by atoms with Crippen LogP contribution in [-0.4, -0.2) is 28.9 Å². The number of hydroxylamine groups is 3. The molecule has 39 heavy (non-hydrogen) atoms. The number of unbranched alkanes of at least 4 members (excludes halogenated alkanes) is 15. The summed E-state index contributed by atoms with van der Waals surface area (Å²) in [5, 5.41) is 9.23. The lowest BCUT2D eigenvalue weighted by Crippen LogP contribution is -2.47. The second kappa shape index (κ2) is 21.6. The Morgan fingerprint density at radius 3 is 1.38 bits per heavy atom. The quantitative estimate of drug-likeness (QED) is 0.0777.